The third kappa shape index (κ3) is 3.23. The predicted octanol–water partition coefficient (Wildman–Crippen LogP) is 3.10. The van der Waals surface area contributed by atoms with Gasteiger partial charge < -0.3 is 4.74 Å². The first-order valence-corrected chi connectivity index (χ1v) is 5.23. The molecule has 6 heteroatoms. The molecule has 1 aromatic rings. The molecule has 0 N–H and O–H groups in total. The van der Waals surface area contributed by atoms with Gasteiger partial charge in [-0.25, -0.2) is 13.6 Å². The first-order chi connectivity index (χ1) is 7.97. The third-order valence-corrected chi connectivity index (χ3v) is 2.26. The number of hydrogen-bond acceptors (Lipinski definition) is 3. The Bertz CT molecular complexity index is 460. The number of carbonyl (C=O) groups excluding carboxylic acids is 2. The van der Waals surface area contributed by atoms with Crippen molar-refractivity contribution in [3.63, 3.8) is 0 Å². The zero-order chi connectivity index (χ0) is 13.0. The lowest BCUT2D eigenvalue weighted by Gasteiger charge is -2.04. The minimum absolute atomic E-state index is 0.0439. The summed E-state index contributed by atoms with van der Waals surface area (Å²) >= 11 is 5.28. The van der Waals surface area contributed by atoms with Gasteiger partial charge in [-0.2, -0.15) is 0 Å². The Hall–Kier alpha value is -1.49. The molecular weight excluding hydrogens is 254 g/mol. The summed E-state index contributed by atoms with van der Waals surface area (Å²) in [5.74, 6) is -4.17. The number of carbonyl (C=O) groups is 2. The van der Waals surface area contributed by atoms with Crippen molar-refractivity contribution in [1.82, 2.24) is 0 Å². The number of esters is 2. The molecule has 0 unspecified atom stereocenters. The normalized spacial score (nSPS) is 10.1. The van der Waals surface area contributed by atoms with Crippen molar-refractivity contribution < 1.29 is 23.1 Å². The molecule has 3 nitrogen and oxygen atoms in total. The molecule has 0 radical (unpaired) electrons. The second-order valence-corrected chi connectivity index (χ2v) is 3.61. The van der Waals surface area contributed by atoms with E-state index in [4.69, 9.17) is 11.6 Å². The van der Waals surface area contributed by atoms with E-state index in [2.05, 4.69) is 4.74 Å². The molecule has 1 aromatic carbocycles. The molecule has 0 aliphatic heterocycles. The van der Waals surface area contributed by atoms with Crippen molar-refractivity contribution in [3.8, 4) is 0 Å². The van der Waals surface area contributed by atoms with Gasteiger partial charge >= 0.3 is 11.9 Å². The smallest absolute Gasteiger partial charge is 0.348 e. The first kappa shape index (κ1) is 13.6. The van der Waals surface area contributed by atoms with Crippen molar-refractivity contribution in [2.75, 3.05) is 0 Å². The number of rotatable bonds is 3. The van der Waals surface area contributed by atoms with Gasteiger partial charge in [0.15, 0.2) is 5.82 Å². The zero-order valence-electron chi connectivity index (χ0n) is 8.93. The first-order valence-electron chi connectivity index (χ1n) is 4.85. The van der Waals surface area contributed by atoms with Crippen LogP contribution in [0.5, 0.6) is 0 Å². The highest BCUT2D eigenvalue weighted by Gasteiger charge is 2.20. The van der Waals surface area contributed by atoms with Gasteiger partial charge in [0, 0.05) is 6.42 Å². The van der Waals surface area contributed by atoms with Gasteiger partial charge in [0.25, 0.3) is 0 Å². The van der Waals surface area contributed by atoms with E-state index in [1.165, 1.54) is 0 Å². The maximum atomic E-state index is 13.4. The number of halogens is 3. The average Bonchev–Trinajstić information content (AvgIpc) is 2.26. The van der Waals surface area contributed by atoms with Gasteiger partial charge in [0.2, 0.25) is 0 Å². The van der Waals surface area contributed by atoms with Crippen molar-refractivity contribution in [2.45, 2.75) is 19.8 Å². The highest BCUT2D eigenvalue weighted by Crippen LogP contribution is 2.22. The number of ether oxygens (including phenoxy) is 1. The van der Waals surface area contributed by atoms with Crippen LogP contribution in [0.4, 0.5) is 8.78 Å². The Labute approximate surface area is 101 Å². The predicted molar refractivity (Wildman–Crippen MR) is 56.7 cm³/mol. The lowest BCUT2D eigenvalue weighted by Crippen LogP contribution is -2.14. The number of benzene rings is 1. The van der Waals surface area contributed by atoms with E-state index in [-0.39, 0.29) is 6.42 Å². The molecule has 0 spiro atoms. The molecule has 0 saturated carbocycles. The minimum Gasteiger partial charge on any atom is -0.389 e. The van der Waals surface area contributed by atoms with Gasteiger partial charge in [0.1, 0.15) is 10.8 Å². The van der Waals surface area contributed by atoms with Crippen molar-refractivity contribution >= 4 is 23.5 Å². The number of hydrogen-bond donors (Lipinski definition) is 0. The molecule has 0 aromatic heterocycles. The summed E-state index contributed by atoms with van der Waals surface area (Å²) < 4.78 is 30.5. The summed E-state index contributed by atoms with van der Waals surface area (Å²) in [6.45, 7) is 1.72. The summed E-state index contributed by atoms with van der Waals surface area (Å²) in [5, 5.41) is -0.803. The zero-order valence-corrected chi connectivity index (χ0v) is 9.68. The van der Waals surface area contributed by atoms with E-state index in [1.807, 2.05) is 0 Å². The minimum atomic E-state index is -1.24. The third-order valence-electron chi connectivity index (χ3n) is 1.92. The van der Waals surface area contributed by atoms with Crippen LogP contribution >= 0.6 is 11.6 Å². The molecule has 0 atom stereocenters. The van der Waals surface area contributed by atoms with E-state index >= 15 is 0 Å². The van der Waals surface area contributed by atoms with Gasteiger partial charge in [-0.15, -0.1) is 0 Å². The summed E-state index contributed by atoms with van der Waals surface area (Å²) in [6, 6.07) is 1.70. The Balaban J connectivity index is 2.90. The quantitative estimate of drug-likeness (QED) is 0.478. The van der Waals surface area contributed by atoms with Crippen LogP contribution in [0.15, 0.2) is 12.1 Å². The lowest BCUT2D eigenvalue weighted by atomic mass is 10.2. The van der Waals surface area contributed by atoms with E-state index in [0.717, 1.165) is 12.1 Å². The summed E-state index contributed by atoms with van der Waals surface area (Å²) in [6.07, 6.45) is 0.543. The summed E-state index contributed by atoms with van der Waals surface area (Å²) in [7, 11) is 0. The van der Waals surface area contributed by atoms with E-state index in [0.29, 0.717) is 6.42 Å². The van der Waals surface area contributed by atoms with Crippen LogP contribution in [-0.2, 0) is 9.53 Å². The van der Waals surface area contributed by atoms with Crippen LogP contribution in [0, 0.1) is 11.6 Å². The average molecular weight is 263 g/mol. The second-order valence-electron chi connectivity index (χ2n) is 3.23. The van der Waals surface area contributed by atoms with Gasteiger partial charge in [-0.1, -0.05) is 18.5 Å². The van der Waals surface area contributed by atoms with Crippen LogP contribution in [0.2, 0.25) is 5.02 Å². The standard InChI is InChI=1S/C11H9ClF2O3/c1-2-3-8(15)17-11(16)6-4-5-7(13)9(12)10(6)14/h4-5H,2-3H2,1H3. The summed E-state index contributed by atoms with van der Waals surface area (Å²) in [4.78, 5) is 22.4. The van der Waals surface area contributed by atoms with E-state index < -0.39 is 34.2 Å². The van der Waals surface area contributed by atoms with Gasteiger partial charge in [-0.05, 0) is 18.6 Å². The molecule has 17 heavy (non-hydrogen) atoms. The van der Waals surface area contributed by atoms with Crippen molar-refractivity contribution in [1.29, 1.82) is 0 Å². The highest BCUT2D eigenvalue weighted by molar-refractivity contribution is 6.31. The van der Waals surface area contributed by atoms with Crippen LogP contribution in [-0.4, -0.2) is 11.9 Å². The Morgan fingerprint density at radius 3 is 2.59 bits per heavy atom. The molecule has 0 aliphatic rings. The van der Waals surface area contributed by atoms with E-state index in [9.17, 15) is 18.4 Å². The monoisotopic (exact) mass is 262 g/mol. The highest BCUT2D eigenvalue weighted by atomic mass is 35.5. The largest absolute Gasteiger partial charge is 0.389 e. The maximum absolute atomic E-state index is 13.4. The van der Waals surface area contributed by atoms with Crippen molar-refractivity contribution in [2.24, 2.45) is 0 Å². The topological polar surface area (TPSA) is 43.4 Å². The molecular formula is C11H9ClF2O3. The molecule has 1 rings (SSSR count). The fraction of sp³-hybridized carbons (Fsp3) is 0.273. The molecule has 92 valence electrons. The van der Waals surface area contributed by atoms with E-state index in [1.54, 1.807) is 6.92 Å². The SMILES string of the molecule is CCCC(=O)OC(=O)c1ccc(F)c(Cl)c1F. The molecule has 0 fully saturated rings. The molecule has 0 amide bonds. The lowest BCUT2D eigenvalue weighted by molar-refractivity contribution is -0.138. The van der Waals surface area contributed by atoms with Gasteiger partial charge in [-0.3, -0.25) is 4.79 Å². The fourth-order valence-corrected chi connectivity index (χ4v) is 1.26. The Morgan fingerprint density at radius 2 is 2.00 bits per heavy atom. The van der Waals surface area contributed by atoms with Crippen LogP contribution in [0.3, 0.4) is 0 Å². The Kier molecular flexibility index (Phi) is 4.57. The van der Waals surface area contributed by atoms with Crippen molar-refractivity contribution in [3.05, 3.63) is 34.4 Å². The van der Waals surface area contributed by atoms with Crippen LogP contribution in [0.1, 0.15) is 30.1 Å². The molecule has 0 saturated heterocycles. The van der Waals surface area contributed by atoms with Crippen LogP contribution in [0.25, 0.3) is 0 Å². The summed E-state index contributed by atoms with van der Waals surface area (Å²) in [5.41, 5.74) is -0.569. The van der Waals surface area contributed by atoms with Crippen LogP contribution < -0.4 is 0 Å². The van der Waals surface area contributed by atoms with Gasteiger partial charge in [0.05, 0.1) is 5.56 Å². The molecule has 0 bridgehead atoms. The molecule has 0 aliphatic carbocycles. The fourth-order valence-electron chi connectivity index (χ4n) is 1.10. The second kappa shape index (κ2) is 5.72. The molecule has 0 heterocycles. The Morgan fingerprint density at radius 1 is 1.35 bits per heavy atom. The maximum Gasteiger partial charge on any atom is 0.348 e.